The van der Waals surface area contributed by atoms with E-state index in [0.717, 1.165) is 37.4 Å². The third kappa shape index (κ3) is 4.85. The van der Waals surface area contributed by atoms with Gasteiger partial charge in [-0.25, -0.2) is 0 Å². The Labute approximate surface area is 190 Å². The predicted molar refractivity (Wildman–Crippen MR) is 120 cm³/mol. The lowest BCUT2D eigenvalue weighted by Gasteiger charge is -2.34. The molecule has 0 radical (unpaired) electrons. The van der Waals surface area contributed by atoms with Crippen LogP contribution in [0.4, 0.5) is 0 Å². The zero-order valence-corrected chi connectivity index (χ0v) is 18.6. The maximum atomic E-state index is 13.2. The van der Waals surface area contributed by atoms with E-state index in [-0.39, 0.29) is 12.0 Å². The number of rotatable bonds is 7. The molecule has 2 aromatic heterocycles. The van der Waals surface area contributed by atoms with Crippen LogP contribution in [0.1, 0.15) is 29.1 Å². The zero-order chi connectivity index (χ0) is 21.8. The van der Waals surface area contributed by atoms with Gasteiger partial charge in [0.15, 0.2) is 0 Å². The van der Waals surface area contributed by atoms with Gasteiger partial charge in [0.25, 0.3) is 5.91 Å². The molecule has 0 N–H and O–H groups in total. The van der Waals surface area contributed by atoms with E-state index in [9.17, 15) is 4.79 Å². The fourth-order valence-corrected chi connectivity index (χ4v) is 4.67. The van der Waals surface area contributed by atoms with E-state index >= 15 is 0 Å². The Bertz CT molecular complexity index is 1020. The molecule has 4 heterocycles. The van der Waals surface area contributed by atoms with Crippen LogP contribution in [0.25, 0.3) is 10.7 Å². The number of piperazine rings is 1. The van der Waals surface area contributed by atoms with Crippen molar-refractivity contribution in [1.29, 1.82) is 0 Å². The second-order valence-electron chi connectivity index (χ2n) is 8.00. The van der Waals surface area contributed by atoms with Gasteiger partial charge < -0.3 is 18.9 Å². The number of nitrogens with zero attached hydrogens (tertiary/aromatic N) is 4. The standard InChI is InChI=1S/C23H26N4O4S/c28-23(18-6-1-2-7-19(18)30-16-17-5-3-13-29-17)27-11-9-26(10-12-27)15-21-24-22(25-31-21)20-8-4-14-32-20/h1-2,4,6-8,14,17H,3,5,9-13,15-16H2. The van der Waals surface area contributed by atoms with E-state index in [1.165, 1.54) is 0 Å². The summed E-state index contributed by atoms with van der Waals surface area (Å²) in [6, 6.07) is 11.4. The third-order valence-corrected chi connectivity index (χ3v) is 6.66. The number of para-hydroxylation sites is 1. The van der Waals surface area contributed by atoms with Crippen molar-refractivity contribution in [3.8, 4) is 16.5 Å². The third-order valence-electron chi connectivity index (χ3n) is 5.79. The molecule has 9 heteroatoms. The van der Waals surface area contributed by atoms with Gasteiger partial charge in [-0.2, -0.15) is 4.98 Å². The van der Waals surface area contributed by atoms with E-state index in [1.807, 2.05) is 46.7 Å². The Morgan fingerprint density at radius 2 is 2.03 bits per heavy atom. The van der Waals surface area contributed by atoms with Crippen molar-refractivity contribution in [2.75, 3.05) is 39.4 Å². The van der Waals surface area contributed by atoms with Gasteiger partial charge in [-0.15, -0.1) is 11.3 Å². The van der Waals surface area contributed by atoms with Crippen LogP contribution in [0.5, 0.6) is 5.75 Å². The average molecular weight is 455 g/mol. The lowest BCUT2D eigenvalue weighted by atomic mass is 10.1. The van der Waals surface area contributed by atoms with Crippen molar-refractivity contribution < 1.29 is 18.8 Å². The summed E-state index contributed by atoms with van der Waals surface area (Å²) in [5.41, 5.74) is 0.608. The molecule has 1 atom stereocenters. The molecule has 0 bridgehead atoms. The summed E-state index contributed by atoms with van der Waals surface area (Å²) in [7, 11) is 0. The minimum atomic E-state index is 0.00497. The topological polar surface area (TPSA) is 80.9 Å². The Morgan fingerprint density at radius 3 is 2.81 bits per heavy atom. The molecule has 32 heavy (non-hydrogen) atoms. The van der Waals surface area contributed by atoms with E-state index in [0.29, 0.717) is 49.3 Å². The fraction of sp³-hybridized carbons (Fsp3) is 0.435. The second kappa shape index (κ2) is 9.81. The second-order valence-corrected chi connectivity index (χ2v) is 8.95. The van der Waals surface area contributed by atoms with Gasteiger partial charge in [-0.1, -0.05) is 23.4 Å². The monoisotopic (exact) mass is 454 g/mol. The maximum Gasteiger partial charge on any atom is 0.257 e. The summed E-state index contributed by atoms with van der Waals surface area (Å²) < 4.78 is 17.0. The number of hydrogen-bond donors (Lipinski definition) is 0. The van der Waals surface area contributed by atoms with Crippen LogP contribution in [0.3, 0.4) is 0 Å². The van der Waals surface area contributed by atoms with Crippen LogP contribution in [0, 0.1) is 0 Å². The Hall–Kier alpha value is -2.75. The van der Waals surface area contributed by atoms with Crippen LogP contribution in [-0.4, -0.2) is 71.3 Å². The molecule has 1 aromatic carbocycles. The molecule has 5 rings (SSSR count). The average Bonchev–Trinajstić information content (AvgIpc) is 3.61. The Morgan fingerprint density at radius 1 is 1.16 bits per heavy atom. The number of thiophene rings is 1. The Balaban J connectivity index is 1.15. The highest BCUT2D eigenvalue weighted by molar-refractivity contribution is 7.13. The van der Waals surface area contributed by atoms with Gasteiger partial charge in [-0.05, 0) is 36.4 Å². The molecule has 168 valence electrons. The van der Waals surface area contributed by atoms with Crippen molar-refractivity contribution >= 4 is 17.2 Å². The predicted octanol–water partition coefficient (Wildman–Crippen LogP) is 3.31. The molecule has 1 unspecified atom stereocenters. The molecule has 0 aliphatic carbocycles. The van der Waals surface area contributed by atoms with Crippen molar-refractivity contribution in [2.24, 2.45) is 0 Å². The highest BCUT2D eigenvalue weighted by Crippen LogP contribution is 2.24. The molecular formula is C23H26N4O4S. The number of amides is 1. The molecule has 2 aliphatic heterocycles. The molecule has 8 nitrogen and oxygen atoms in total. The lowest BCUT2D eigenvalue weighted by Crippen LogP contribution is -2.48. The van der Waals surface area contributed by atoms with Gasteiger partial charge in [0.1, 0.15) is 12.4 Å². The van der Waals surface area contributed by atoms with Gasteiger partial charge in [-0.3, -0.25) is 9.69 Å². The molecule has 0 spiro atoms. The molecule has 1 amide bonds. The maximum absolute atomic E-state index is 13.2. The van der Waals surface area contributed by atoms with E-state index < -0.39 is 0 Å². The smallest absolute Gasteiger partial charge is 0.257 e. The number of carbonyl (C=O) groups is 1. The van der Waals surface area contributed by atoms with Gasteiger partial charge in [0, 0.05) is 32.8 Å². The Kier molecular flexibility index (Phi) is 6.47. The first-order chi connectivity index (χ1) is 15.8. The van der Waals surface area contributed by atoms with Crippen LogP contribution < -0.4 is 4.74 Å². The minimum Gasteiger partial charge on any atom is -0.490 e. The molecule has 2 saturated heterocycles. The normalized spacial score (nSPS) is 19.4. The summed E-state index contributed by atoms with van der Waals surface area (Å²) in [5.74, 6) is 1.86. The summed E-state index contributed by atoms with van der Waals surface area (Å²) in [6.07, 6.45) is 2.19. The summed E-state index contributed by atoms with van der Waals surface area (Å²) in [6.45, 7) is 4.65. The van der Waals surface area contributed by atoms with E-state index in [1.54, 1.807) is 11.3 Å². The van der Waals surface area contributed by atoms with Gasteiger partial charge in [0.2, 0.25) is 11.7 Å². The summed E-state index contributed by atoms with van der Waals surface area (Å²) in [5, 5.41) is 6.07. The van der Waals surface area contributed by atoms with Crippen molar-refractivity contribution in [2.45, 2.75) is 25.5 Å². The van der Waals surface area contributed by atoms with Crippen molar-refractivity contribution in [1.82, 2.24) is 19.9 Å². The van der Waals surface area contributed by atoms with Gasteiger partial charge >= 0.3 is 0 Å². The summed E-state index contributed by atoms with van der Waals surface area (Å²) >= 11 is 1.59. The van der Waals surface area contributed by atoms with Crippen LogP contribution in [0.2, 0.25) is 0 Å². The lowest BCUT2D eigenvalue weighted by molar-refractivity contribution is 0.0583. The van der Waals surface area contributed by atoms with Crippen LogP contribution in [0.15, 0.2) is 46.3 Å². The van der Waals surface area contributed by atoms with E-state index in [2.05, 4.69) is 15.0 Å². The van der Waals surface area contributed by atoms with Crippen LogP contribution in [-0.2, 0) is 11.3 Å². The highest BCUT2D eigenvalue weighted by Gasteiger charge is 2.26. The first-order valence-electron chi connectivity index (χ1n) is 11.0. The molecule has 0 saturated carbocycles. The fourth-order valence-electron chi connectivity index (χ4n) is 4.02. The minimum absolute atomic E-state index is 0.00497. The number of aromatic nitrogens is 2. The van der Waals surface area contributed by atoms with Crippen LogP contribution >= 0.6 is 11.3 Å². The highest BCUT2D eigenvalue weighted by atomic mass is 32.1. The molecule has 2 aliphatic rings. The van der Waals surface area contributed by atoms with Crippen molar-refractivity contribution in [3.05, 3.63) is 53.2 Å². The molecule has 3 aromatic rings. The molecule has 2 fully saturated rings. The van der Waals surface area contributed by atoms with Crippen molar-refractivity contribution in [3.63, 3.8) is 0 Å². The molecular weight excluding hydrogens is 428 g/mol. The number of benzene rings is 1. The van der Waals surface area contributed by atoms with Gasteiger partial charge in [0.05, 0.1) is 23.1 Å². The quantitative estimate of drug-likeness (QED) is 0.542. The number of hydrogen-bond acceptors (Lipinski definition) is 8. The number of carbonyl (C=O) groups excluding carboxylic acids is 1. The first kappa shape index (κ1) is 21.1. The first-order valence-corrected chi connectivity index (χ1v) is 11.9. The largest absolute Gasteiger partial charge is 0.490 e. The number of ether oxygens (including phenoxy) is 2. The zero-order valence-electron chi connectivity index (χ0n) is 17.8. The summed E-state index contributed by atoms with van der Waals surface area (Å²) in [4.78, 5) is 22.8. The van der Waals surface area contributed by atoms with E-state index in [4.69, 9.17) is 14.0 Å². The SMILES string of the molecule is O=C(c1ccccc1OCC1CCCO1)N1CCN(Cc2nc(-c3cccs3)no2)CC1.